The number of nitrogens with zero attached hydrogens (tertiary/aromatic N) is 1. The van der Waals surface area contributed by atoms with Gasteiger partial charge in [-0.15, -0.1) is 0 Å². The van der Waals surface area contributed by atoms with E-state index in [0.29, 0.717) is 11.1 Å². The molecule has 13 nitrogen and oxygen atoms in total. The molecule has 1 aliphatic carbocycles. The summed E-state index contributed by atoms with van der Waals surface area (Å²) < 4.78 is 30.7. The molecule has 0 bridgehead atoms. The Morgan fingerprint density at radius 3 is 2.08 bits per heavy atom. The van der Waals surface area contributed by atoms with Crippen molar-refractivity contribution in [1.82, 2.24) is 10.2 Å². The number of carbonyl (C=O) groups is 4. The van der Waals surface area contributed by atoms with Gasteiger partial charge in [-0.25, -0.2) is 4.79 Å². The Morgan fingerprint density at radius 1 is 0.873 bits per heavy atom. The lowest BCUT2D eigenvalue weighted by molar-refractivity contribution is -0.157. The number of hydrogen-bond donors (Lipinski definition) is 3. The molecule has 6 rings (SSSR count). The summed E-state index contributed by atoms with van der Waals surface area (Å²) in [5, 5.41) is 22.1. The Bertz CT molecular complexity index is 2170. The van der Waals surface area contributed by atoms with E-state index < -0.39 is 72.1 Å². The molecule has 1 heterocycles. The number of rotatable bonds is 18. The average Bonchev–Trinajstić information content (AvgIpc) is 3.70. The number of aliphatic hydroxyl groups is 2. The highest BCUT2D eigenvalue weighted by Crippen LogP contribution is 2.47. The third-order valence-electron chi connectivity index (χ3n) is 10.7. The summed E-state index contributed by atoms with van der Waals surface area (Å²) in [5.41, 5.74) is 2.77. The van der Waals surface area contributed by atoms with Crippen LogP contribution >= 0.6 is 0 Å². The van der Waals surface area contributed by atoms with Gasteiger partial charge in [0.05, 0.1) is 31.1 Å². The van der Waals surface area contributed by atoms with Gasteiger partial charge in [0.1, 0.15) is 36.6 Å². The third kappa shape index (κ3) is 12.1. The molecule has 4 aromatic carbocycles. The summed E-state index contributed by atoms with van der Waals surface area (Å²) in [6, 6.07) is 32.9. The zero-order valence-electron chi connectivity index (χ0n) is 36.1. The minimum Gasteiger partial charge on any atom is -0.499 e. The van der Waals surface area contributed by atoms with Gasteiger partial charge in [0.15, 0.2) is 0 Å². The van der Waals surface area contributed by atoms with Gasteiger partial charge in [-0.3, -0.25) is 14.4 Å². The van der Waals surface area contributed by atoms with E-state index in [0.717, 1.165) is 11.1 Å². The molecule has 4 aromatic rings. The van der Waals surface area contributed by atoms with Crippen LogP contribution in [-0.4, -0.2) is 102 Å². The molecule has 0 aromatic heterocycles. The van der Waals surface area contributed by atoms with Crippen molar-refractivity contribution in [3.05, 3.63) is 161 Å². The molecule has 13 heteroatoms. The van der Waals surface area contributed by atoms with Gasteiger partial charge >= 0.3 is 11.9 Å². The van der Waals surface area contributed by atoms with Crippen molar-refractivity contribution in [2.45, 2.75) is 88.2 Å². The normalized spacial score (nSPS) is 19.0. The molecule has 3 N–H and O–H groups in total. The van der Waals surface area contributed by atoms with Crippen molar-refractivity contribution in [1.29, 1.82) is 0 Å². The Labute approximate surface area is 368 Å². The quantitative estimate of drug-likeness (QED) is 0.0621. The van der Waals surface area contributed by atoms with Gasteiger partial charge in [0, 0.05) is 43.0 Å². The second-order valence-corrected chi connectivity index (χ2v) is 16.5. The Morgan fingerprint density at radius 2 is 1.49 bits per heavy atom. The number of ether oxygens (including phenoxy) is 5. The smallest absolute Gasteiger partial charge is 0.338 e. The summed E-state index contributed by atoms with van der Waals surface area (Å²) >= 11 is 0. The first-order valence-electron chi connectivity index (χ1n) is 21.1. The second kappa shape index (κ2) is 21.3. The molecule has 5 atom stereocenters. The highest BCUT2D eigenvalue weighted by Gasteiger charge is 2.55. The molecule has 1 fully saturated rings. The van der Waals surface area contributed by atoms with Crippen molar-refractivity contribution >= 4 is 29.8 Å². The maximum atomic E-state index is 14.8. The molecular formula is C50H56N2O11. The van der Waals surface area contributed by atoms with Crippen LogP contribution in [0.5, 0.6) is 0 Å². The highest BCUT2D eigenvalue weighted by molar-refractivity contribution is 5.97. The molecule has 5 unspecified atom stereocenters. The van der Waals surface area contributed by atoms with Crippen LogP contribution in [0.3, 0.4) is 0 Å². The molecule has 1 aliphatic heterocycles. The summed E-state index contributed by atoms with van der Waals surface area (Å²) in [6.07, 6.45) is 2.29. The molecule has 2 amide bonds. The molecule has 2 aliphatic rings. The van der Waals surface area contributed by atoms with E-state index in [9.17, 15) is 24.3 Å². The van der Waals surface area contributed by atoms with Gasteiger partial charge in [-0.1, -0.05) is 103 Å². The van der Waals surface area contributed by atoms with Gasteiger partial charge in [0.2, 0.25) is 17.6 Å². The van der Waals surface area contributed by atoms with E-state index in [2.05, 4.69) is 5.32 Å². The standard InChI is InChI=1S/C50H56N2O11/c1-49(2,3)62-44(55)25-24-40(33-54)51-46(56)41(30-35-14-8-5-9-15-35)52(4)47(57)37-31-42(60-48(58)36-22-20-34(21-23-36)26-28-59-29-27-53)45-43(32-37)61-50(63-45,38-16-10-6-11-17-38)39-18-12-7-13-19-39/h5-23,26,28,32,40-43,45,53-54H,24-25,27,29-31,33H2,1-4H3,(H,51,56). The summed E-state index contributed by atoms with van der Waals surface area (Å²) in [5.74, 6) is -3.56. The topological polar surface area (TPSA) is 170 Å². The number of esters is 2. The monoisotopic (exact) mass is 860 g/mol. The number of hydrogen-bond acceptors (Lipinski definition) is 11. The van der Waals surface area contributed by atoms with Crippen molar-refractivity contribution in [2.24, 2.45) is 0 Å². The van der Waals surface area contributed by atoms with Crippen LogP contribution < -0.4 is 5.32 Å². The van der Waals surface area contributed by atoms with E-state index >= 15 is 0 Å². The number of benzene rings is 4. The number of likely N-dealkylation sites (N-methyl/N-ethyl adjacent to an activating group) is 1. The largest absolute Gasteiger partial charge is 0.499 e. The minimum atomic E-state index is -1.43. The number of amides is 2. The first-order valence-corrected chi connectivity index (χ1v) is 21.1. The molecule has 0 radical (unpaired) electrons. The van der Waals surface area contributed by atoms with Crippen LogP contribution in [-0.2, 0) is 50.3 Å². The Balaban J connectivity index is 1.30. The lowest BCUT2D eigenvalue weighted by atomic mass is 9.90. The number of aliphatic hydroxyl groups excluding tert-OH is 2. The molecule has 0 spiro atoms. The van der Waals surface area contributed by atoms with E-state index in [1.54, 1.807) is 57.2 Å². The predicted molar refractivity (Wildman–Crippen MR) is 235 cm³/mol. The average molecular weight is 861 g/mol. The number of carbonyl (C=O) groups excluding carboxylic acids is 4. The van der Waals surface area contributed by atoms with Crippen LogP contribution in [0.4, 0.5) is 0 Å². The van der Waals surface area contributed by atoms with Gasteiger partial charge in [0.25, 0.3) is 0 Å². The minimum absolute atomic E-state index is 0.0342. The fourth-order valence-electron chi connectivity index (χ4n) is 7.57. The summed E-state index contributed by atoms with van der Waals surface area (Å²) in [6.45, 7) is 4.89. The third-order valence-corrected chi connectivity index (χ3v) is 10.7. The van der Waals surface area contributed by atoms with Crippen molar-refractivity contribution < 1.29 is 53.1 Å². The Kier molecular flexibility index (Phi) is 15.7. The van der Waals surface area contributed by atoms with Crippen molar-refractivity contribution in [3.8, 4) is 0 Å². The SMILES string of the molecule is CN(C(=O)C1=CC2OC(c3ccccc3)(c3ccccc3)OC2C(OC(=O)c2ccc(C=COCCO)cc2)C1)C(Cc1ccccc1)C(=O)NC(CO)CCC(=O)OC(C)(C)C. The van der Waals surface area contributed by atoms with Crippen LogP contribution in [0, 0.1) is 0 Å². The van der Waals surface area contributed by atoms with E-state index in [1.807, 2.05) is 91.0 Å². The van der Waals surface area contributed by atoms with Gasteiger partial charge in [-0.2, -0.15) is 0 Å². The van der Waals surface area contributed by atoms with Crippen LogP contribution in [0.25, 0.3) is 6.08 Å². The molecule has 63 heavy (non-hydrogen) atoms. The molecular weight excluding hydrogens is 805 g/mol. The van der Waals surface area contributed by atoms with Gasteiger partial charge < -0.3 is 44.1 Å². The van der Waals surface area contributed by atoms with E-state index in [1.165, 1.54) is 18.2 Å². The van der Waals surface area contributed by atoms with E-state index in [-0.39, 0.29) is 50.0 Å². The maximum Gasteiger partial charge on any atom is 0.338 e. The second-order valence-electron chi connectivity index (χ2n) is 16.5. The maximum absolute atomic E-state index is 14.8. The highest BCUT2D eigenvalue weighted by atomic mass is 16.8. The van der Waals surface area contributed by atoms with Crippen LogP contribution in [0.15, 0.2) is 133 Å². The lowest BCUT2D eigenvalue weighted by Gasteiger charge is -2.34. The summed E-state index contributed by atoms with van der Waals surface area (Å²) in [4.78, 5) is 56.7. The van der Waals surface area contributed by atoms with Crippen molar-refractivity contribution in [2.75, 3.05) is 26.9 Å². The molecule has 1 saturated heterocycles. The fraction of sp³-hybridized carbons (Fsp3) is 0.360. The van der Waals surface area contributed by atoms with Crippen LogP contribution in [0.2, 0.25) is 0 Å². The summed E-state index contributed by atoms with van der Waals surface area (Å²) in [7, 11) is 1.53. The first kappa shape index (κ1) is 46.4. The van der Waals surface area contributed by atoms with Gasteiger partial charge in [-0.05, 0) is 62.6 Å². The Hall–Kier alpha value is -6.12. The lowest BCUT2D eigenvalue weighted by Crippen LogP contribution is -2.53. The zero-order chi connectivity index (χ0) is 45.0. The van der Waals surface area contributed by atoms with E-state index in [4.69, 9.17) is 28.8 Å². The first-order chi connectivity index (χ1) is 30.3. The van der Waals surface area contributed by atoms with Crippen molar-refractivity contribution in [3.63, 3.8) is 0 Å². The number of nitrogens with one attached hydrogen (secondary N) is 1. The van der Waals surface area contributed by atoms with Crippen LogP contribution in [0.1, 0.15) is 72.6 Å². The predicted octanol–water partition coefficient (Wildman–Crippen LogP) is 5.88. The fourth-order valence-corrected chi connectivity index (χ4v) is 7.57. The molecule has 332 valence electrons. The zero-order valence-corrected chi connectivity index (χ0v) is 36.1. The number of fused-ring (bicyclic) bond motifs is 1. The molecule has 0 saturated carbocycles.